The number of halogens is 3. The molecule has 7 nitrogen and oxygen atoms in total. The number of rotatable bonds is 6. The first kappa shape index (κ1) is 21.0. The number of thiazole rings is 1. The molecule has 12 heteroatoms. The van der Waals surface area contributed by atoms with Crippen LogP contribution < -0.4 is 0 Å². The Hall–Kier alpha value is -3.25. The highest BCUT2D eigenvalue weighted by Crippen LogP contribution is 2.34. The first-order valence-electron chi connectivity index (χ1n) is 8.67. The van der Waals surface area contributed by atoms with Crippen molar-refractivity contribution in [2.24, 2.45) is 0 Å². The van der Waals surface area contributed by atoms with Gasteiger partial charge in [0.1, 0.15) is 5.01 Å². The van der Waals surface area contributed by atoms with Crippen molar-refractivity contribution in [1.29, 1.82) is 0 Å². The van der Waals surface area contributed by atoms with Crippen LogP contribution in [0.1, 0.15) is 21.1 Å². The number of pyridine rings is 1. The van der Waals surface area contributed by atoms with Gasteiger partial charge in [-0.25, -0.2) is 9.78 Å². The molecule has 0 saturated carbocycles. The van der Waals surface area contributed by atoms with Crippen molar-refractivity contribution in [2.75, 3.05) is 0 Å². The van der Waals surface area contributed by atoms with Crippen LogP contribution in [0.3, 0.4) is 0 Å². The summed E-state index contributed by atoms with van der Waals surface area (Å²) in [4.78, 5) is 19.1. The number of hydrogen-bond acceptors (Lipinski definition) is 7. The minimum Gasteiger partial charge on any atom is -0.476 e. The van der Waals surface area contributed by atoms with Crippen molar-refractivity contribution in [3.63, 3.8) is 0 Å². The van der Waals surface area contributed by atoms with Gasteiger partial charge in [-0.2, -0.15) is 13.2 Å². The minimum atomic E-state index is -4.50. The van der Waals surface area contributed by atoms with Gasteiger partial charge in [-0.15, -0.1) is 21.5 Å². The topological polar surface area (TPSA) is 93.8 Å². The first-order valence-corrected chi connectivity index (χ1v) is 10.5. The Kier molecular flexibility index (Phi) is 5.74. The van der Waals surface area contributed by atoms with E-state index in [0.29, 0.717) is 21.6 Å². The normalized spacial score (nSPS) is 11.6. The highest BCUT2D eigenvalue weighted by molar-refractivity contribution is 7.98. The molecule has 0 aliphatic rings. The maximum Gasteiger partial charge on any atom is 0.416 e. The molecule has 0 unspecified atom stereocenters. The molecule has 158 valence electrons. The van der Waals surface area contributed by atoms with Gasteiger partial charge >= 0.3 is 12.1 Å². The first-order chi connectivity index (χ1) is 14.8. The average Bonchev–Trinajstić information content (AvgIpc) is 3.39. The number of aromatic nitrogens is 5. The molecule has 0 spiro atoms. The third-order valence-electron chi connectivity index (χ3n) is 4.08. The number of nitrogens with zero attached hydrogens (tertiary/aromatic N) is 5. The Balaban J connectivity index is 1.74. The lowest BCUT2D eigenvalue weighted by molar-refractivity contribution is -0.137. The van der Waals surface area contributed by atoms with E-state index >= 15 is 0 Å². The van der Waals surface area contributed by atoms with E-state index in [1.807, 2.05) is 0 Å². The standard InChI is InChI=1S/C19H12F3N5O2S2/c20-19(21,22)12-4-1-5-13(7-12)27-16(11-3-2-6-23-8-11)25-26-18(27)31-10-15-24-14(9-30-15)17(28)29/h1-9H,10H2,(H,28,29). The van der Waals surface area contributed by atoms with Gasteiger partial charge in [0.2, 0.25) is 0 Å². The number of benzene rings is 1. The molecular weight excluding hydrogens is 451 g/mol. The SMILES string of the molecule is O=C(O)c1csc(CSc2nnc(-c3cccnc3)n2-c2cccc(C(F)(F)F)c2)n1. The molecule has 0 radical (unpaired) electrons. The van der Waals surface area contributed by atoms with Crippen LogP contribution in [-0.4, -0.2) is 35.8 Å². The highest BCUT2D eigenvalue weighted by Gasteiger charge is 2.31. The third-order valence-corrected chi connectivity index (χ3v) is 6.05. The molecule has 0 fully saturated rings. The fraction of sp³-hybridized carbons (Fsp3) is 0.105. The molecule has 31 heavy (non-hydrogen) atoms. The van der Waals surface area contributed by atoms with Gasteiger partial charge in [-0.05, 0) is 30.3 Å². The molecule has 4 aromatic rings. The summed E-state index contributed by atoms with van der Waals surface area (Å²) >= 11 is 2.37. The van der Waals surface area contributed by atoms with Crippen LogP contribution in [0.5, 0.6) is 0 Å². The largest absolute Gasteiger partial charge is 0.476 e. The lowest BCUT2D eigenvalue weighted by Gasteiger charge is -2.13. The molecule has 4 rings (SSSR count). The van der Waals surface area contributed by atoms with E-state index in [0.717, 1.165) is 12.1 Å². The second-order valence-electron chi connectivity index (χ2n) is 6.15. The van der Waals surface area contributed by atoms with Gasteiger partial charge in [-0.1, -0.05) is 17.8 Å². The Labute approximate surface area is 181 Å². The molecule has 0 atom stereocenters. The van der Waals surface area contributed by atoms with Gasteiger partial charge in [0.05, 0.1) is 17.0 Å². The molecule has 0 saturated heterocycles. The summed E-state index contributed by atoms with van der Waals surface area (Å²) in [6.07, 6.45) is -1.38. The minimum absolute atomic E-state index is 0.0593. The molecular formula is C19H12F3N5O2S2. The predicted molar refractivity (Wildman–Crippen MR) is 108 cm³/mol. The van der Waals surface area contributed by atoms with Crippen LogP contribution in [0.4, 0.5) is 13.2 Å². The summed E-state index contributed by atoms with van der Waals surface area (Å²) in [6.45, 7) is 0. The quantitative estimate of drug-likeness (QED) is 0.411. The third kappa shape index (κ3) is 4.59. The fourth-order valence-electron chi connectivity index (χ4n) is 2.70. The number of carboxylic acids is 1. The van der Waals surface area contributed by atoms with E-state index in [2.05, 4.69) is 20.2 Å². The molecule has 0 bridgehead atoms. The Bertz CT molecular complexity index is 1220. The maximum absolute atomic E-state index is 13.3. The number of hydrogen-bond donors (Lipinski definition) is 1. The molecule has 3 aromatic heterocycles. The summed E-state index contributed by atoms with van der Waals surface area (Å²) in [5.41, 5.74) is -0.0259. The monoisotopic (exact) mass is 463 g/mol. The van der Waals surface area contributed by atoms with E-state index in [1.165, 1.54) is 45.2 Å². The summed E-state index contributed by atoms with van der Waals surface area (Å²) < 4.78 is 41.3. The Morgan fingerprint density at radius 3 is 2.71 bits per heavy atom. The number of alkyl halides is 3. The predicted octanol–water partition coefficient (Wildman–Crippen LogP) is 4.80. The van der Waals surface area contributed by atoms with Gasteiger partial charge in [0.25, 0.3) is 0 Å². The van der Waals surface area contributed by atoms with Gasteiger partial charge < -0.3 is 5.11 Å². The second kappa shape index (κ2) is 8.47. The van der Waals surface area contributed by atoms with Crippen molar-refractivity contribution in [2.45, 2.75) is 17.1 Å². The Morgan fingerprint density at radius 2 is 2.03 bits per heavy atom. The summed E-state index contributed by atoms with van der Waals surface area (Å²) in [6, 6.07) is 8.30. The Morgan fingerprint density at radius 1 is 1.19 bits per heavy atom. The van der Waals surface area contributed by atoms with E-state index in [1.54, 1.807) is 24.5 Å². The van der Waals surface area contributed by atoms with Crippen molar-refractivity contribution in [3.05, 3.63) is 70.4 Å². The van der Waals surface area contributed by atoms with E-state index in [4.69, 9.17) is 5.11 Å². The van der Waals surface area contributed by atoms with Crippen molar-refractivity contribution < 1.29 is 23.1 Å². The highest BCUT2D eigenvalue weighted by atomic mass is 32.2. The number of carboxylic acid groups (broad SMARTS) is 1. The van der Waals surface area contributed by atoms with Gasteiger partial charge in [0, 0.05) is 23.3 Å². The molecule has 0 aliphatic carbocycles. The van der Waals surface area contributed by atoms with E-state index < -0.39 is 17.7 Å². The summed E-state index contributed by atoms with van der Waals surface area (Å²) in [5, 5.41) is 19.6. The zero-order valence-corrected chi connectivity index (χ0v) is 17.1. The molecule has 0 aliphatic heterocycles. The van der Waals surface area contributed by atoms with Gasteiger partial charge in [-0.3, -0.25) is 9.55 Å². The van der Waals surface area contributed by atoms with Crippen molar-refractivity contribution >= 4 is 29.1 Å². The molecule has 1 aromatic carbocycles. The molecule has 1 N–H and O–H groups in total. The number of aromatic carboxylic acids is 1. The van der Waals surface area contributed by atoms with Crippen LogP contribution in [0.25, 0.3) is 17.1 Å². The van der Waals surface area contributed by atoms with Crippen molar-refractivity contribution in [3.8, 4) is 17.1 Å². The summed E-state index contributed by atoms with van der Waals surface area (Å²) in [5.74, 6) is -0.513. The van der Waals surface area contributed by atoms with Crippen molar-refractivity contribution in [1.82, 2.24) is 24.7 Å². The van der Waals surface area contributed by atoms with Gasteiger partial charge in [0.15, 0.2) is 16.7 Å². The molecule has 3 heterocycles. The smallest absolute Gasteiger partial charge is 0.416 e. The van der Waals surface area contributed by atoms with E-state index in [9.17, 15) is 18.0 Å². The fourth-order valence-corrected chi connectivity index (χ4v) is 4.44. The van der Waals surface area contributed by atoms with Crippen LogP contribution in [0.2, 0.25) is 0 Å². The molecule has 0 amide bonds. The second-order valence-corrected chi connectivity index (χ2v) is 8.04. The van der Waals surface area contributed by atoms with Crippen LogP contribution in [0.15, 0.2) is 59.3 Å². The van der Waals surface area contributed by atoms with Crippen LogP contribution in [0, 0.1) is 0 Å². The van der Waals surface area contributed by atoms with Crippen LogP contribution in [-0.2, 0) is 11.9 Å². The van der Waals surface area contributed by atoms with E-state index in [-0.39, 0.29) is 17.1 Å². The maximum atomic E-state index is 13.3. The zero-order valence-electron chi connectivity index (χ0n) is 15.4. The lowest BCUT2D eigenvalue weighted by atomic mass is 10.2. The summed E-state index contributed by atoms with van der Waals surface area (Å²) in [7, 11) is 0. The lowest BCUT2D eigenvalue weighted by Crippen LogP contribution is -2.07. The zero-order chi connectivity index (χ0) is 22.0. The number of carbonyl (C=O) groups is 1. The number of thioether (sulfide) groups is 1. The average molecular weight is 463 g/mol. The van der Waals surface area contributed by atoms with Crippen LogP contribution >= 0.6 is 23.1 Å².